The molecule has 0 bridgehead atoms. The van der Waals surface area contributed by atoms with Gasteiger partial charge >= 0.3 is 0 Å². The summed E-state index contributed by atoms with van der Waals surface area (Å²) in [6.45, 7) is 5.37. The van der Waals surface area contributed by atoms with E-state index in [-0.39, 0.29) is 0 Å². The van der Waals surface area contributed by atoms with Gasteiger partial charge in [-0.2, -0.15) is 0 Å². The van der Waals surface area contributed by atoms with Crippen LogP contribution in [0, 0.1) is 0 Å². The van der Waals surface area contributed by atoms with E-state index in [1.165, 1.54) is 25.7 Å². The molecule has 2 heteroatoms. The lowest BCUT2D eigenvalue weighted by atomic mass is 10.1. The highest BCUT2D eigenvalue weighted by Gasteiger charge is 2.00. The van der Waals surface area contributed by atoms with Gasteiger partial charge in [0.2, 0.25) is 0 Å². The second kappa shape index (κ2) is 7.41. The molecule has 1 atom stereocenters. The average Bonchev–Trinajstić information content (AvgIpc) is 2.28. The fraction of sp³-hybridized carbons (Fsp3) is 0.615. The van der Waals surface area contributed by atoms with Crippen molar-refractivity contribution in [3.8, 4) is 0 Å². The molecule has 1 heterocycles. The lowest BCUT2D eigenvalue weighted by Gasteiger charge is -2.12. The first-order valence-corrected chi connectivity index (χ1v) is 5.96. The van der Waals surface area contributed by atoms with Crippen molar-refractivity contribution in [1.29, 1.82) is 0 Å². The second-order valence-electron chi connectivity index (χ2n) is 4.10. The van der Waals surface area contributed by atoms with E-state index < -0.39 is 0 Å². The van der Waals surface area contributed by atoms with Crippen molar-refractivity contribution in [2.24, 2.45) is 0 Å². The molecule has 0 amide bonds. The first kappa shape index (κ1) is 12.2. The maximum Gasteiger partial charge on any atom is 0.0541 e. The zero-order valence-corrected chi connectivity index (χ0v) is 9.87. The topological polar surface area (TPSA) is 24.9 Å². The summed E-state index contributed by atoms with van der Waals surface area (Å²) in [5.74, 6) is 0. The minimum absolute atomic E-state index is 0.596. The van der Waals surface area contributed by atoms with Crippen LogP contribution >= 0.6 is 0 Å². The van der Waals surface area contributed by atoms with Crippen LogP contribution in [0.15, 0.2) is 24.4 Å². The summed E-state index contributed by atoms with van der Waals surface area (Å²) in [5.41, 5.74) is 1.12. The molecule has 0 unspecified atom stereocenters. The molecule has 15 heavy (non-hydrogen) atoms. The van der Waals surface area contributed by atoms with Gasteiger partial charge in [-0.25, -0.2) is 0 Å². The van der Waals surface area contributed by atoms with Crippen molar-refractivity contribution in [2.75, 3.05) is 0 Å². The first-order valence-electron chi connectivity index (χ1n) is 5.96. The number of hydrogen-bond acceptors (Lipinski definition) is 2. The van der Waals surface area contributed by atoms with Gasteiger partial charge < -0.3 is 5.32 Å². The van der Waals surface area contributed by atoms with E-state index in [1.807, 2.05) is 18.3 Å². The van der Waals surface area contributed by atoms with Gasteiger partial charge in [0.05, 0.1) is 5.69 Å². The molecule has 0 spiro atoms. The lowest BCUT2D eigenvalue weighted by molar-refractivity contribution is 0.484. The van der Waals surface area contributed by atoms with E-state index >= 15 is 0 Å². The summed E-state index contributed by atoms with van der Waals surface area (Å²) in [4.78, 5) is 4.28. The summed E-state index contributed by atoms with van der Waals surface area (Å²) in [6, 6.07) is 6.64. The Labute approximate surface area is 93.1 Å². The van der Waals surface area contributed by atoms with E-state index in [1.54, 1.807) is 0 Å². The van der Waals surface area contributed by atoms with Crippen molar-refractivity contribution >= 4 is 0 Å². The number of nitrogens with zero attached hydrogens (tertiary/aromatic N) is 1. The Morgan fingerprint density at radius 3 is 2.87 bits per heavy atom. The molecule has 1 aromatic rings. The Morgan fingerprint density at radius 1 is 1.33 bits per heavy atom. The summed E-state index contributed by atoms with van der Waals surface area (Å²) in [5, 5.41) is 3.50. The monoisotopic (exact) mass is 206 g/mol. The molecule has 0 fully saturated rings. The van der Waals surface area contributed by atoms with Crippen LogP contribution < -0.4 is 5.32 Å². The van der Waals surface area contributed by atoms with Crippen LogP contribution in [-0.2, 0) is 6.54 Å². The molecule has 0 aromatic carbocycles. The number of aromatic nitrogens is 1. The second-order valence-corrected chi connectivity index (χ2v) is 4.10. The third kappa shape index (κ3) is 5.53. The van der Waals surface area contributed by atoms with Gasteiger partial charge in [0.15, 0.2) is 0 Å². The number of nitrogens with one attached hydrogen (secondary N) is 1. The molecular weight excluding hydrogens is 184 g/mol. The van der Waals surface area contributed by atoms with Gasteiger partial charge in [0.1, 0.15) is 0 Å². The maximum absolute atomic E-state index is 4.28. The van der Waals surface area contributed by atoms with Crippen LogP contribution in [0.3, 0.4) is 0 Å². The zero-order valence-electron chi connectivity index (χ0n) is 9.87. The highest BCUT2D eigenvalue weighted by atomic mass is 14.9. The van der Waals surface area contributed by atoms with Gasteiger partial charge in [-0.1, -0.05) is 32.3 Å². The summed E-state index contributed by atoms with van der Waals surface area (Å²) in [6.07, 6.45) is 7.08. The fourth-order valence-electron chi connectivity index (χ4n) is 1.58. The van der Waals surface area contributed by atoms with E-state index in [0.29, 0.717) is 6.04 Å². The van der Waals surface area contributed by atoms with E-state index in [9.17, 15) is 0 Å². The average molecular weight is 206 g/mol. The van der Waals surface area contributed by atoms with Gasteiger partial charge in [-0.05, 0) is 25.5 Å². The molecular formula is C13H22N2. The van der Waals surface area contributed by atoms with Gasteiger partial charge in [-0.3, -0.25) is 4.98 Å². The minimum Gasteiger partial charge on any atom is -0.309 e. The third-order valence-electron chi connectivity index (χ3n) is 2.60. The fourth-order valence-corrected chi connectivity index (χ4v) is 1.58. The molecule has 1 aromatic heterocycles. The molecule has 84 valence electrons. The van der Waals surface area contributed by atoms with E-state index in [2.05, 4.69) is 30.2 Å². The summed E-state index contributed by atoms with van der Waals surface area (Å²) in [7, 11) is 0. The molecule has 1 rings (SSSR count). The lowest BCUT2D eigenvalue weighted by Crippen LogP contribution is -2.25. The molecule has 0 saturated heterocycles. The van der Waals surface area contributed by atoms with Crippen LogP contribution in [0.4, 0.5) is 0 Å². The Bertz CT molecular complexity index is 246. The Balaban J connectivity index is 2.14. The predicted octanol–water partition coefficient (Wildman–Crippen LogP) is 3.14. The first-order chi connectivity index (χ1) is 7.33. The molecule has 0 aliphatic carbocycles. The van der Waals surface area contributed by atoms with Crippen LogP contribution in [0.25, 0.3) is 0 Å². The largest absolute Gasteiger partial charge is 0.309 e. The van der Waals surface area contributed by atoms with Crippen molar-refractivity contribution in [1.82, 2.24) is 10.3 Å². The SMILES string of the molecule is CCCCC[C@H](C)NCc1ccccn1. The molecule has 0 radical (unpaired) electrons. The molecule has 0 aliphatic heterocycles. The van der Waals surface area contributed by atoms with Crippen molar-refractivity contribution in [3.05, 3.63) is 30.1 Å². The third-order valence-corrected chi connectivity index (χ3v) is 2.60. The quantitative estimate of drug-likeness (QED) is 0.693. The number of hydrogen-bond donors (Lipinski definition) is 1. The molecule has 1 N–H and O–H groups in total. The summed E-state index contributed by atoms with van der Waals surface area (Å²) >= 11 is 0. The van der Waals surface area contributed by atoms with Gasteiger partial charge in [0, 0.05) is 18.8 Å². The number of rotatable bonds is 7. The number of unbranched alkanes of at least 4 members (excludes halogenated alkanes) is 2. The van der Waals surface area contributed by atoms with Crippen LogP contribution in [0.2, 0.25) is 0 Å². The molecule has 2 nitrogen and oxygen atoms in total. The Kier molecular flexibility index (Phi) is 6.02. The minimum atomic E-state index is 0.596. The molecule has 0 saturated carbocycles. The van der Waals surface area contributed by atoms with E-state index in [4.69, 9.17) is 0 Å². The molecule has 0 aliphatic rings. The Hall–Kier alpha value is -0.890. The van der Waals surface area contributed by atoms with Crippen LogP contribution in [0.1, 0.15) is 45.2 Å². The normalized spacial score (nSPS) is 12.7. The highest BCUT2D eigenvalue weighted by Crippen LogP contribution is 2.03. The smallest absolute Gasteiger partial charge is 0.0541 e. The van der Waals surface area contributed by atoms with Crippen molar-refractivity contribution in [2.45, 2.75) is 52.1 Å². The zero-order chi connectivity index (χ0) is 10.9. The van der Waals surface area contributed by atoms with E-state index in [0.717, 1.165) is 12.2 Å². The maximum atomic E-state index is 4.28. The van der Waals surface area contributed by atoms with Gasteiger partial charge in [-0.15, -0.1) is 0 Å². The number of pyridine rings is 1. The highest BCUT2D eigenvalue weighted by molar-refractivity contribution is 5.02. The predicted molar refractivity (Wildman–Crippen MR) is 64.7 cm³/mol. The van der Waals surface area contributed by atoms with Crippen LogP contribution in [-0.4, -0.2) is 11.0 Å². The van der Waals surface area contributed by atoms with Crippen molar-refractivity contribution < 1.29 is 0 Å². The standard InChI is InChI=1S/C13H22N2/c1-3-4-5-8-12(2)15-11-13-9-6-7-10-14-13/h6-7,9-10,12,15H,3-5,8,11H2,1-2H3/t12-/m0/s1. The summed E-state index contributed by atoms with van der Waals surface area (Å²) < 4.78 is 0. The van der Waals surface area contributed by atoms with Gasteiger partial charge in [0.25, 0.3) is 0 Å². The van der Waals surface area contributed by atoms with Crippen molar-refractivity contribution in [3.63, 3.8) is 0 Å². The Morgan fingerprint density at radius 2 is 2.20 bits per heavy atom. The van der Waals surface area contributed by atoms with Crippen LogP contribution in [0.5, 0.6) is 0 Å².